The van der Waals surface area contributed by atoms with E-state index in [0.717, 1.165) is 33.3 Å². The summed E-state index contributed by atoms with van der Waals surface area (Å²) in [7, 11) is 0. The van der Waals surface area contributed by atoms with Gasteiger partial charge in [-0.05, 0) is 24.6 Å². The number of hydrogen-bond donors (Lipinski definition) is 0. The van der Waals surface area contributed by atoms with Crippen LogP contribution in [0.5, 0.6) is 5.75 Å². The highest BCUT2D eigenvalue weighted by Gasteiger charge is 2.22. The summed E-state index contributed by atoms with van der Waals surface area (Å²) in [6.07, 6.45) is 1.34. The van der Waals surface area contributed by atoms with E-state index in [0.29, 0.717) is 18.1 Å². The quantitative estimate of drug-likeness (QED) is 0.793. The van der Waals surface area contributed by atoms with E-state index in [9.17, 15) is 4.79 Å². The van der Waals surface area contributed by atoms with Gasteiger partial charge < -0.3 is 4.74 Å². The highest BCUT2D eigenvalue weighted by Crippen LogP contribution is 2.31. The minimum Gasteiger partial charge on any atom is -0.489 e. The lowest BCUT2D eigenvalue weighted by Gasteiger charge is -2.11. The van der Waals surface area contributed by atoms with Crippen molar-refractivity contribution in [2.75, 3.05) is 0 Å². The van der Waals surface area contributed by atoms with E-state index in [1.807, 2.05) is 36.4 Å². The molecular formula is C16H12BrClO2. The minimum absolute atomic E-state index is 0.201. The van der Waals surface area contributed by atoms with Crippen molar-refractivity contribution in [1.82, 2.24) is 0 Å². The molecule has 0 spiro atoms. The van der Waals surface area contributed by atoms with Crippen molar-refractivity contribution in [3.05, 3.63) is 62.6 Å². The first-order chi connectivity index (χ1) is 9.65. The third-order valence-corrected chi connectivity index (χ3v) is 4.28. The summed E-state index contributed by atoms with van der Waals surface area (Å²) in [4.78, 5) is 11.7. The van der Waals surface area contributed by atoms with Crippen LogP contribution in [-0.4, -0.2) is 5.78 Å². The SMILES string of the molecule is O=C1CCc2c(OCc3ccc(Br)cc3Cl)cccc21. The number of rotatable bonds is 3. The number of carbonyl (C=O) groups is 1. The molecule has 4 heteroatoms. The van der Waals surface area contributed by atoms with Gasteiger partial charge in [-0.25, -0.2) is 0 Å². The van der Waals surface area contributed by atoms with Crippen LogP contribution in [0.2, 0.25) is 5.02 Å². The fourth-order valence-electron chi connectivity index (χ4n) is 2.39. The number of Topliss-reactive ketones (excluding diaryl/α,β-unsaturated/α-hetero) is 1. The molecule has 0 fully saturated rings. The maximum Gasteiger partial charge on any atom is 0.163 e. The minimum atomic E-state index is 0.201. The fraction of sp³-hybridized carbons (Fsp3) is 0.188. The van der Waals surface area contributed by atoms with Crippen LogP contribution in [0.3, 0.4) is 0 Å². The normalized spacial score (nSPS) is 13.4. The second-order valence-corrected chi connectivity index (χ2v) is 6.05. The standard InChI is InChI=1S/C16H12BrClO2/c17-11-5-4-10(14(18)8-11)9-20-16-3-1-2-12-13(16)6-7-15(12)19/h1-5,8H,6-7,9H2. The fourth-order valence-corrected chi connectivity index (χ4v) is 3.12. The molecule has 102 valence electrons. The van der Waals surface area contributed by atoms with E-state index in [1.54, 1.807) is 0 Å². The summed E-state index contributed by atoms with van der Waals surface area (Å²) in [6.45, 7) is 0.400. The van der Waals surface area contributed by atoms with Crippen molar-refractivity contribution in [2.45, 2.75) is 19.4 Å². The molecule has 2 nitrogen and oxygen atoms in total. The molecule has 0 radical (unpaired) electrons. The van der Waals surface area contributed by atoms with Crippen molar-refractivity contribution in [3.63, 3.8) is 0 Å². The van der Waals surface area contributed by atoms with Crippen LogP contribution in [0.4, 0.5) is 0 Å². The summed E-state index contributed by atoms with van der Waals surface area (Å²) in [6, 6.07) is 11.3. The molecule has 2 aromatic rings. The maximum atomic E-state index is 11.7. The van der Waals surface area contributed by atoms with Gasteiger partial charge >= 0.3 is 0 Å². The Morgan fingerprint density at radius 3 is 2.85 bits per heavy atom. The van der Waals surface area contributed by atoms with Gasteiger partial charge in [-0.3, -0.25) is 4.79 Å². The van der Waals surface area contributed by atoms with Crippen molar-refractivity contribution in [3.8, 4) is 5.75 Å². The first-order valence-corrected chi connectivity index (χ1v) is 7.54. The maximum absolute atomic E-state index is 11.7. The van der Waals surface area contributed by atoms with E-state index in [1.165, 1.54) is 0 Å². The zero-order valence-corrected chi connectivity index (χ0v) is 13.0. The Morgan fingerprint density at radius 2 is 2.05 bits per heavy atom. The van der Waals surface area contributed by atoms with E-state index in [4.69, 9.17) is 16.3 Å². The molecular weight excluding hydrogens is 340 g/mol. The van der Waals surface area contributed by atoms with Crippen molar-refractivity contribution in [1.29, 1.82) is 0 Å². The predicted molar refractivity (Wildman–Crippen MR) is 82.6 cm³/mol. The van der Waals surface area contributed by atoms with Crippen LogP contribution in [0.1, 0.15) is 27.9 Å². The molecule has 3 rings (SSSR count). The molecule has 20 heavy (non-hydrogen) atoms. The van der Waals surface area contributed by atoms with Crippen LogP contribution < -0.4 is 4.74 Å². The van der Waals surface area contributed by atoms with Gasteiger partial charge in [0.15, 0.2) is 5.78 Å². The molecule has 0 aromatic heterocycles. The molecule has 0 bridgehead atoms. The lowest BCUT2D eigenvalue weighted by Crippen LogP contribution is -1.99. The Kier molecular flexibility index (Phi) is 3.81. The molecule has 0 saturated heterocycles. The van der Waals surface area contributed by atoms with Gasteiger partial charge in [0.1, 0.15) is 12.4 Å². The lowest BCUT2D eigenvalue weighted by molar-refractivity contribution is 0.0994. The Bertz CT molecular complexity index is 682. The highest BCUT2D eigenvalue weighted by atomic mass is 79.9. The number of halogens is 2. The Labute approximate surface area is 130 Å². The van der Waals surface area contributed by atoms with E-state index < -0.39 is 0 Å². The molecule has 0 unspecified atom stereocenters. The van der Waals surface area contributed by atoms with Gasteiger partial charge in [0.2, 0.25) is 0 Å². The number of benzene rings is 2. The molecule has 0 saturated carbocycles. The number of ketones is 1. The van der Waals surface area contributed by atoms with Gasteiger partial charge in [-0.15, -0.1) is 0 Å². The number of carbonyl (C=O) groups excluding carboxylic acids is 1. The van der Waals surface area contributed by atoms with Gasteiger partial charge in [0.05, 0.1) is 0 Å². The second-order valence-electron chi connectivity index (χ2n) is 4.73. The summed E-state index contributed by atoms with van der Waals surface area (Å²) < 4.78 is 6.79. The predicted octanol–water partition coefficient (Wildman–Crippen LogP) is 4.81. The molecule has 0 N–H and O–H groups in total. The summed E-state index contributed by atoms with van der Waals surface area (Å²) in [5.41, 5.74) is 2.74. The molecule has 0 atom stereocenters. The average molecular weight is 352 g/mol. The summed E-state index contributed by atoms with van der Waals surface area (Å²) in [5, 5.41) is 0.669. The van der Waals surface area contributed by atoms with Crippen molar-refractivity contribution >= 4 is 33.3 Å². The molecule has 0 aliphatic heterocycles. The third kappa shape index (κ3) is 2.60. The van der Waals surface area contributed by atoms with Crippen LogP contribution in [-0.2, 0) is 13.0 Å². The average Bonchev–Trinajstić information content (AvgIpc) is 2.80. The molecule has 1 aliphatic rings. The largest absolute Gasteiger partial charge is 0.489 e. The van der Waals surface area contributed by atoms with Crippen LogP contribution in [0.15, 0.2) is 40.9 Å². The molecule has 2 aromatic carbocycles. The highest BCUT2D eigenvalue weighted by molar-refractivity contribution is 9.10. The Hall–Kier alpha value is -1.32. The van der Waals surface area contributed by atoms with E-state index >= 15 is 0 Å². The van der Waals surface area contributed by atoms with Gasteiger partial charge in [-0.2, -0.15) is 0 Å². The Morgan fingerprint density at radius 1 is 1.20 bits per heavy atom. The van der Waals surface area contributed by atoms with E-state index in [2.05, 4.69) is 15.9 Å². The number of hydrogen-bond acceptors (Lipinski definition) is 2. The van der Waals surface area contributed by atoms with Crippen LogP contribution in [0, 0.1) is 0 Å². The zero-order valence-electron chi connectivity index (χ0n) is 10.7. The van der Waals surface area contributed by atoms with Gasteiger partial charge in [-0.1, -0.05) is 45.7 Å². The Balaban J connectivity index is 1.81. The smallest absolute Gasteiger partial charge is 0.163 e. The lowest BCUT2D eigenvalue weighted by atomic mass is 10.1. The van der Waals surface area contributed by atoms with Gasteiger partial charge in [0, 0.05) is 32.6 Å². The number of fused-ring (bicyclic) bond motifs is 1. The molecule has 0 amide bonds. The zero-order chi connectivity index (χ0) is 14.1. The van der Waals surface area contributed by atoms with Crippen LogP contribution in [0.25, 0.3) is 0 Å². The number of ether oxygens (including phenoxy) is 1. The first-order valence-electron chi connectivity index (χ1n) is 6.37. The van der Waals surface area contributed by atoms with Crippen LogP contribution >= 0.6 is 27.5 Å². The second kappa shape index (κ2) is 5.58. The first kappa shape index (κ1) is 13.7. The third-order valence-electron chi connectivity index (χ3n) is 3.43. The van der Waals surface area contributed by atoms with Gasteiger partial charge in [0.25, 0.3) is 0 Å². The molecule has 1 aliphatic carbocycles. The van der Waals surface area contributed by atoms with E-state index in [-0.39, 0.29) is 5.78 Å². The summed E-state index contributed by atoms with van der Waals surface area (Å²) in [5.74, 6) is 0.986. The van der Waals surface area contributed by atoms with Crippen molar-refractivity contribution in [2.24, 2.45) is 0 Å². The monoisotopic (exact) mass is 350 g/mol. The van der Waals surface area contributed by atoms with Crippen molar-refractivity contribution < 1.29 is 9.53 Å². The topological polar surface area (TPSA) is 26.3 Å². The molecule has 0 heterocycles. The summed E-state index contributed by atoms with van der Waals surface area (Å²) >= 11 is 9.55.